The second-order valence-electron chi connectivity index (χ2n) is 3.81. The van der Waals surface area contributed by atoms with Gasteiger partial charge in [-0.1, -0.05) is 19.1 Å². The molecule has 0 bridgehead atoms. The number of hydrogen-bond donors (Lipinski definition) is 0. The highest BCUT2D eigenvalue weighted by molar-refractivity contribution is 5.54. The van der Waals surface area contributed by atoms with Crippen molar-refractivity contribution in [2.75, 3.05) is 7.11 Å². The summed E-state index contributed by atoms with van der Waals surface area (Å²) >= 11 is 0. The minimum Gasteiger partial charge on any atom is -0.496 e. The Balaban J connectivity index is 2.78. The molecule has 2 nitrogen and oxygen atoms in total. The van der Waals surface area contributed by atoms with Crippen LogP contribution in [0.3, 0.4) is 0 Å². The van der Waals surface area contributed by atoms with E-state index in [1.807, 2.05) is 26.0 Å². The highest BCUT2D eigenvalue weighted by atomic mass is 16.5. The SMILES string of the molecule is CCC(C=O)Cc1ccc(OC)c(C)c1. The number of methoxy groups -OCH3 is 1. The molecule has 0 aliphatic carbocycles. The molecule has 0 saturated carbocycles. The normalized spacial score (nSPS) is 12.2. The van der Waals surface area contributed by atoms with Crippen LogP contribution < -0.4 is 4.74 Å². The second kappa shape index (κ2) is 5.54. The Bertz CT molecular complexity index is 331. The molecule has 1 unspecified atom stereocenters. The van der Waals surface area contributed by atoms with Crippen LogP contribution in [0.4, 0.5) is 0 Å². The number of benzene rings is 1. The van der Waals surface area contributed by atoms with Crippen molar-refractivity contribution in [3.8, 4) is 5.75 Å². The molecule has 0 aromatic heterocycles. The topological polar surface area (TPSA) is 26.3 Å². The van der Waals surface area contributed by atoms with E-state index in [4.69, 9.17) is 4.74 Å². The van der Waals surface area contributed by atoms with E-state index in [1.54, 1.807) is 7.11 Å². The number of carbonyl (C=O) groups excluding carboxylic acids is 1. The summed E-state index contributed by atoms with van der Waals surface area (Å²) in [7, 11) is 1.67. The van der Waals surface area contributed by atoms with Crippen LogP contribution in [-0.4, -0.2) is 13.4 Å². The van der Waals surface area contributed by atoms with Crippen molar-refractivity contribution < 1.29 is 9.53 Å². The number of rotatable bonds is 5. The molecule has 0 radical (unpaired) electrons. The fraction of sp³-hybridized carbons (Fsp3) is 0.462. The molecule has 0 spiro atoms. The van der Waals surface area contributed by atoms with Gasteiger partial charge in [0.15, 0.2) is 0 Å². The van der Waals surface area contributed by atoms with E-state index in [2.05, 4.69) is 6.07 Å². The summed E-state index contributed by atoms with van der Waals surface area (Å²) in [5.74, 6) is 1.04. The molecule has 1 aromatic rings. The summed E-state index contributed by atoms with van der Waals surface area (Å²) in [5.41, 5.74) is 2.32. The van der Waals surface area contributed by atoms with E-state index >= 15 is 0 Å². The van der Waals surface area contributed by atoms with Crippen LogP contribution in [-0.2, 0) is 11.2 Å². The molecule has 82 valence electrons. The average Bonchev–Trinajstić information content (AvgIpc) is 2.26. The van der Waals surface area contributed by atoms with Crippen molar-refractivity contribution in [2.45, 2.75) is 26.7 Å². The van der Waals surface area contributed by atoms with Gasteiger partial charge in [-0.15, -0.1) is 0 Å². The highest BCUT2D eigenvalue weighted by Gasteiger charge is 2.07. The van der Waals surface area contributed by atoms with E-state index < -0.39 is 0 Å². The van der Waals surface area contributed by atoms with Gasteiger partial charge < -0.3 is 9.53 Å². The van der Waals surface area contributed by atoms with Crippen molar-refractivity contribution in [3.63, 3.8) is 0 Å². The smallest absolute Gasteiger partial charge is 0.123 e. The summed E-state index contributed by atoms with van der Waals surface area (Å²) in [6, 6.07) is 6.07. The zero-order valence-electron chi connectivity index (χ0n) is 9.62. The van der Waals surface area contributed by atoms with Crippen LogP contribution in [0.25, 0.3) is 0 Å². The van der Waals surface area contributed by atoms with Crippen LogP contribution >= 0.6 is 0 Å². The molecule has 0 amide bonds. The molecule has 0 fully saturated rings. The van der Waals surface area contributed by atoms with Crippen LogP contribution in [0.5, 0.6) is 5.75 Å². The number of aryl methyl sites for hydroxylation is 1. The molecule has 0 heterocycles. The Kier molecular flexibility index (Phi) is 4.35. The van der Waals surface area contributed by atoms with Gasteiger partial charge in [0.1, 0.15) is 12.0 Å². The maximum Gasteiger partial charge on any atom is 0.123 e. The maximum atomic E-state index is 10.7. The molecule has 15 heavy (non-hydrogen) atoms. The van der Waals surface area contributed by atoms with E-state index in [1.165, 1.54) is 5.56 Å². The van der Waals surface area contributed by atoms with Crippen molar-refractivity contribution in [1.29, 1.82) is 0 Å². The van der Waals surface area contributed by atoms with Gasteiger partial charge in [-0.05, 0) is 37.0 Å². The maximum absolute atomic E-state index is 10.7. The third-order valence-corrected chi connectivity index (χ3v) is 2.67. The Morgan fingerprint density at radius 3 is 2.67 bits per heavy atom. The lowest BCUT2D eigenvalue weighted by Gasteiger charge is -2.10. The van der Waals surface area contributed by atoms with E-state index in [0.717, 1.165) is 30.4 Å². The Hall–Kier alpha value is -1.31. The molecule has 0 saturated heterocycles. The molecule has 2 heteroatoms. The predicted octanol–water partition coefficient (Wildman–Crippen LogP) is 2.77. The first-order valence-corrected chi connectivity index (χ1v) is 5.30. The highest BCUT2D eigenvalue weighted by Crippen LogP contribution is 2.20. The van der Waals surface area contributed by atoms with Gasteiger partial charge in [0.05, 0.1) is 7.11 Å². The fourth-order valence-corrected chi connectivity index (χ4v) is 1.66. The lowest BCUT2D eigenvalue weighted by molar-refractivity contribution is -0.111. The quantitative estimate of drug-likeness (QED) is 0.692. The zero-order valence-corrected chi connectivity index (χ0v) is 9.62. The number of hydrogen-bond acceptors (Lipinski definition) is 2. The minimum atomic E-state index is 0.137. The molecule has 0 aliphatic heterocycles. The van der Waals surface area contributed by atoms with Crippen LogP contribution in [0.2, 0.25) is 0 Å². The molecular formula is C13H18O2. The van der Waals surface area contributed by atoms with Gasteiger partial charge in [0, 0.05) is 5.92 Å². The van der Waals surface area contributed by atoms with Gasteiger partial charge >= 0.3 is 0 Å². The van der Waals surface area contributed by atoms with Crippen molar-refractivity contribution in [2.24, 2.45) is 5.92 Å². The minimum absolute atomic E-state index is 0.137. The van der Waals surface area contributed by atoms with Crippen LogP contribution in [0.1, 0.15) is 24.5 Å². The standard InChI is InChI=1S/C13H18O2/c1-4-11(9-14)8-12-5-6-13(15-3)10(2)7-12/h5-7,9,11H,4,8H2,1-3H3. The number of aldehydes is 1. The van der Waals surface area contributed by atoms with Crippen LogP contribution in [0.15, 0.2) is 18.2 Å². The van der Waals surface area contributed by atoms with Crippen molar-refractivity contribution in [1.82, 2.24) is 0 Å². The van der Waals surface area contributed by atoms with Crippen molar-refractivity contribution in [3.05, 3.63) is 29.3 Å². The molecule has 1 rings (SSSR count). The fourth-order valence-electron chi connectivity index (χ4n) is 1.66. The lowest BCUT2D eigenvalue weighted by Crippen LogP contribution is -2.04. The second-order valence-corrected chi connectivity index (χ2v) is 3.81. The molecule has 1 atom stereocenters. The average molecular weight is 206 g/mol. The van der Waals surface area contributed by atoms with Gasteiger partial charge in [0.25, 0.3) is 0 Å². The first-order chi connectivity index (χ1) is 7.21. The molecule has 0 N–H and O–H groups in total. The summed E-state index contributed by atoms with van der Waals surface area (Å²) < 4.78 is 5.19. The molecule has 0 aliphatic rings. The first kappa shape index (κ1) is 11.8. The lowest BCUT2D eigenvalue weighted by atomic mass is 9.97. The monoisotopic (exact) mass is 206 g/mol. The van der Waals surface area contributed by atoms with E-state index in [-0.39, 0.29) is 5.92 Å². The Morgan fingerprint density at radius 1 is 1.47 bits per heavy atom. The molecular weight excluding hydrogens is 188 g/mol. The summed E-state index contributed by atoms with van der Waals surface area (Å²) in [4.78, 5) is 10.7. The number of carbonyl (C=O) groups is 1. The first-order valence-electron chi connectivity index (χ1n) is 5.30. The summed E-state index contributed by atoms with van der Waals surface area (Å²) in [6.45, 7) is 4.06. The van der Waals surface area contributed by atoms with Crippen molar-refractivity contribution >= 4 is 6.29 Å². The Morgan fingerprint density at radius 2 is 2.20 bits per heavy atom. The van der Waals surface area contributed by atoms with Gasteiger partial charge in [-0.25, -0.2) is 0 Å². The van der Waals surface area contributed by atoms with E-state index in [0.29, 0.717) is 0 Å². The Labute approximate surface area is 91.3 Å². The van der Waals surface area contributed by atoms with Gasteiger partial charge in [-0.3, -0.25) is 0 Å². The third-order valence-electron chi connectivity index (χ3n) is 2.67. The van der Waals surface area contributed by atoms with Gasteiger partial charge in [-0.2, -0.15) is 0 Å². The predicted molar refractivity (Wildman–Crippen MR) is 61.3 cm³/mol. The zero-order chi connectivity index (χ0) is 11.3. The van der Waals surface area contributed by atoms with Crippen LogP contribution in [0, 0.1) is 12.8 Å². The third kappa shape index (κ3) is 3.08. The summed E-state index contributed by atoms with van der Waals surface area (Å²) in [5, 5.41) is 0. The largest absolute Gasteiger partial charge is 0.496 e. The molecule has 1 aromatic carbocycles. The number of ether oxygens (including phenoxy) is 1. The summed E-state index contributed by atoms with van der Waals surface area (Å²) in [6.07, 6.45) is 2.76. The van der Waals surface area contributed by atoms with E-state index in [9.17, 15) is 4.79 Å². The van der Waals surface area contributed by atoms with Gasteiger partial charge in [0.2, 0.25) is 0 Å².